The van der Waals surface area contributed by atoms with E-state index in [1.165, 1.54) is 0 Å². The van der Waals surface area contributed by atoms with Gasteiger partial charge in [-0.15, -0.1) is 5.10 Å². The van der Waals surface area contributed by atoms with Crippen LogP contribution in [0.3, 0.4) is 0 Å². The second-order valence-corrected chi connectivity index (χ2v) is 14.4. The molecule has 3 fully saturated rings. The third-order valence-electron chi connectivity index (χ3n) is 9.77. The van der Waals surface area contributed by atoms with Gasteiger partial charge in [0.2, 0.25) is 0 Å². The number of benzene rings is 1. The molecule has 6 heterocycles. The van der Waals surface area contributed by atoms with Crippen LogP contribution in [0.15, 0.2) is 24.4 Å². The number of fused-ring (bicyclic) bond motifs is 2. The van der Waals surface area contributed by atoms with Crippen LogP contribution in [0.2, 0.25) is 5.02 Å². The fourth-order valence-electron chi connectivity index (χ4n) is 7.46. The van der Waals surface area contributed by atoms with Crippen LogP contribution in [0.25, 0.3) is 11.2 Å². The molecule has 11 nitrogen and oxygen atoms in total. The monoisotopic (exact) mass is 637 g/mol. The minimum atomic E-state index is -0.555. The maximum atomic E-state index is 12.7. The summed E-state index contributed by atoms with van der Waals surface area (Å²) in [7, 11) is 0. The van der Waals surface area contributed by atoms with E-state index in [0.717, 1.165) is 104 Å². The molecule has 0 saturated carbocycles. The van der Waals surface area contributed by atoms with Gasteiger partial charge in [0, 0.05) is 42.4 Å². The highest BCUT2D eigenvalue weighted by Gasteiger charge is 2.50. The van der Waals surface area contributed by atoms with Crippen LogP contribution < -0.4 is 15.1 Å². The van der Waals surface area contributed by atoms with Crippen LogP contribution in [0.5, 0.6) is 0 Å². The van der Waals surface area contributed by atoms with Crippen molar-refractivity contribution in [3.05, 3.63) is 35.0 Å². The van der Waals surface area contributed by atoms with Crippen molar-refractivity contribution in [2.75, 3.05) is 42.6 Å². The van der Waals surface area contributed by atoms with Crippen molar-refractivity contribution in [2.45, 2.75) is 96.6 Å². The first kappa shape index (κ1) is 30.5. The topological polar surface area (TPSA) is 107 Å². The van der Waals surface area contributed by atoms with Gasteiger partial charge in [0.25, 0.3) is 0 Å². The van der Waals surface area contributed by atoms with Crippen LogP contribution in [0.4, 0.5) is 22.1 Å². The number of hydrogen-bond donors (Lipinski definition) is 1. The highest BCUT2D eigenvalue weighted by molar-refractivity contribution is 6.31. The number of ether oxygens (including phenoxy) is 3. The number of rotatable bonds is 4. The van der Waals surface area contributed by atoms with Gasteiger partial charge in [-0.05, 0) is 90.3 Å². The number of anilines is 3. The van der Waals surface area contributed by atoms with E-state index < -0.39 is 11.7 Å². The number of aromatic nitrogens is 4. The molecule has 45 heavy (non-hydrogen) atoms. The molecule has 2 aromatic heterocycles. The minimum Gasteiger partial charge on any atom is -0.444 e. The molecule has 1 aromatic carbocycles. The summed E-state index contributed by atoms with van der Waals surface area (Å²) < 4.78 is 19.9. The highest BCUT2D eigenvalue weighted by atomic mass is 35.5. The Hall–Kier alpha value is -3.15. The minimum absolute atomic E-state index is 0.0849. The lowest BCUT2D eigenvalue weighted by Crippen LogP contribution is -2.55. The van der Waals surface area contributed by atoms with Crippen molar-refractivity contribution in [3.63, 3.8) is 0 Å². The summed E-state index contributed by atoms with van der Waals surface area (Å²) in [6.07, 6.45) is 7.91. The maximum Gasteiger partial charge on any atom is 0.407 e. The lowest BCUT2D eigenvalue weighted by atomic mass is 9.73. The lowest BCUT2D eigenvalue weighted by molar-refractivity contribution is -0.0368. The van der Waals surface area contributed by atoms with E-state index in [1.54, 1.807) is 0 Å². The predicted octanol–water partition coefficient (Wildman–Crippen LogP) is 6.16. The van der Waals surface area contributed by atoms with Crippen LogP contribution in [0, 0.1) is 5.41 Å². The Kier molecular flexibility index (Phi) is 8.06. The second-order valence-electron chi connectivity index (χ2n) is 14.0. The summed E-state index contributed by atoms with van der Waals surface area (Å²) in [5.41, 5.74) is 3.04. The standard InChI is InChI=1S/C33H44ClN7O4/c1-21-28(37-31(42)45-32(2,3)4)33(20-44-21)13-16-39(17-14-33)25-19-35-27-29(36-25)41(26-12-5-6-18-43-26)38-30(27)40-15-8-9-22-23(34)10-7-11-24(22)40/h7,10-11,19,21,26,28H,5-6,8-9,12-18,20H2,1-4H3,(H,37,42)/t21-,26?,28+/m0/s1. The number of piperidine rings is 1. The molecule has 12 heteroatoms. The third kappa shape index (κ3) is 5.83. The third-order valence-corrected chi connectivity index (χ3v) is 10.1. The number of carbonyl (C=O) groups excluding carboxylic acids is 1. The fourth-order valence-corrected chi connectivity index (χ4v) is 7.72. The average molecular weight is 638 g/mol. The zero-order chi connectivity index (χ0) is 31.3. The molecule has 3 atom stereocenters. The first-order valence-corrected chi connectivity index (χ1v) is 16.8. The van der Waals surface area contributed by atoms with Crippen molar-refractivity contribution in [1.82, 2.24) is 25.1 Å². The van der Waals surface area contributed by atoms with Crippen LogP contribution in [-0.2, 0) is 20.6 Å². The molecule has 0 bridgehead atoms. The van der Waals surface area contributed by atoms with Crippen molar-refractivity contribution in [2.24, 2.45) is 5.41 Å². The SMILES string of the molecule is C[C@@H]1OCC2(CCN(c3cnc4c(N5CCCc6c(Cl)cccc65)nn(C5CCCCO5)c4n3)CC2)[C@@H]1NC(=O)OC(C)(C)C. The number of nitrogens with one attached hydrogen (secondary N) is 1. The number of alkyl carbamates (subject to hydrolysis) is 1. The summed E-state index contributed by atoms with van der Waals surface area (Å²) in [5.74, 6) is 1.62. The van der Waals surface area contributed by atoms with E-state index in [-0.39, 0.29) is 23.8 Å². The van der Waals surface area contributed by atoms with Gasteiger partial charge in [-0.25, -0.2) is 19.4 Å². The molecule has 1 N–H and O–H groups in total. The Bertz CT molecular complexity index is 1560. The Morgan fingerprint density at radius 1 is 1.13 bits per heavy atom. The van der Waals surface area contributed by atoms with E-state index in [4.69, 9.17) is 40.9 Å². The Morgan fingerprint density at radius 2 is 1.96 bits per heavy atom. The molecule has 1 spiro atoms. The van der Waals surface area contributed by atoms with E-state index in [9.17, 15) is 4.79 Å². The van der Waals surface area contributed by atoms with Crippen LogP contribution >= 0.6 is 11.6 Å². The largest absolute Gasteiger partial charge is 0.444 e. The van der Waals surface area contributed by atoms with Crippen LogP contribution in [0.1, 0.15) is 78.0 Å². The van der Waals surface area contributed by atoms with Crippen molar-refractivity contribution < 1.29 is 19.0 Å². The maximum absolute atomic E-state index is 12.7. The first-order valence-electron chi connectivity index (χ1n) is 16.4. The molecule has 7 rings (SSSR count). The molecule has 4 aliphatic rings. The summed E-state index contributed by atoms with van der Waals surface area (Å²) in [5, 5.41) is 9.07. The summed E-state index contributed by atoms with van der Waals surface area (Å²) in [6, 6.07) is 5.96. The normalized spacial score (nSPS) is 25.0. The zero-order valence-electron chi connectivity index (χ0n) is 26.7. The average Bonchev–Trinajstić information content (AvgIpc) is 3.54. The van der Waals surface area contributed by atoms with Gasteiger partial charge in [-0.1, -0.05) is 17.7 Å². The van der Waals surface area contributed by atoms with E-state index in [1.807, 2.05) is 50.7 Å². The highest BCUT2D eigenvalue weighted by Crippen LogP contribution is 2.44. The first-order chi connectivity index (χ1) is 21.6. The molecule has 1 unspecified atom stereocenters. The second kappa shape index (κ2) is 11.9. The molecule has 0 aliphatic carbocycles. The van der Waals surface area contributed by atoms with E-state index >= 15 is 0 Å². The molecule has 242 valence electrons. The van der Waals surface area contributed by atoms with Gasteiger partial charge < -0.3 is 29.3 Å². The number of nitrogens with zero attached hydrogens (tertiary/aromatic N) is 6. The van der Waals surface area contributed by atoms with Crippen LogP contribution in [-0.4, -0.2) is 76.4 Å². The van der Waals surface area contributed by atoms with Gasteiger partial charge in [0.15, 0.2) is 23.2 Å². The number of hydrogen-bond acceptors (Lipinski definition) is 9. The van der Waals surface area contributed by atoms with Gasteiger partial charge in [-0.3, -0.25) is 0 Å². The van der Waals surface area contributed by atoms with Gasteiger partial charge in [0.05, 0.1) is 24.9 Å². The van der Waals surface area contributed by atoms with Gasteiger partial charge in [-0.2, -0.15) is 0 Å². The summed E-state index contributed by atoms with van der Waals surface area (Å²) in [6.45, 7) is 11.4. The van der Waals surface area contributed by atoms with Gasteiger partial charge in [0.1, 0.15) is 11.4 Å². The van der Waals surface area contributed by atoms with Crippen molar-refractivity contribution in [3.8, 4) is 0 Å². The summed E-state index contributed by atoms with van der Waals surface area (Å²) >= 11 is 6.62. The van der Waals surface area contributed by atoms with E-state index in [0.29, 0.717) is 13.2 Å². The number of halogens is 1. The smallest absolute Gasteiger partial charge is 0.407 e. The number of carbonyl (C=O) groups is 1. The van der Waals surface area contributed by atoms with Crippen molar-refractivity contribution >= 4 is 46.2 Å². The van der Waals surface area contributed by atoms with Gasteiger partial charge >= 0.3 is 6.09 Å². The molecular formula is C33H44ClN7O4. The Labute approximate surface area is 269 Å². The fraction of sp³-hybridized carbons (Fsp3) is 0.636. The molecule has 1 amide bonds. The van der Waals surface area contributed by atoms with Crippen molar-refractivity contribution in [1.29, 1.82) is 0 Å². The molecule has 3 saturated heterocycles. The molecule has 0 radical (unpaired) electrons. The Morgan fingerprint density at radius 3 is 2.71 bits per heavy atom. The quantitative estimate of drug-likeness (QED) is 0.360. The molecule has 3 aromatic rings. The molecular weight excluding hydrogens is 594 g/mol. The molecule has 4 aliphatic heterocycles. The lowest BCUT2D eigenvalue weighted by Gasteiger charge is -2.42. The summed E-state index contributed by atoms with van der Waals surface area (Å²) in [4.78, 5) is 27.5. The zero-order valence-corrected chi connectivity index (χ0v) is 27.5. The Balaban J connectivity index is 1.17. The van der Waals surface area contributed by atoms with E-state index in [2.05, 4.69) is 21.2 Å². The predicted molar refractivity (Wildman–Crippen MR) is 173 cm³/mol. The number of amides is 1.